The predicted octanol–water partition coefficient (Wildman–Crippen LogP) is 3.65. The predicted molar refractivity (Wildman–Crippen MR) is 96.6 cm³/mol. The molecular formula is C18H19N5O2. The summed E-state index contributed by atoms with van der Waals surface area (Å²) in [6.07, 6.45) is 0.676. The van der Waals surface area contributed by atoms with Crippen molar-refractivity contribution in [1.82, 2.24) is 15.2 Å². The van der Waals surface area contributed by atoms with Crippen molar-refractivity contribution in [1.29, 1.82) is 0 Å². The highest BCUT2D eigenvalue weighted by molar-refractivity contribution is 5.58. The third kappa shape index (κ3) is 4.20. The van der Waals surface area contributed by atoms with Crippen molar-refractivity contribution >= 4 is 11.4 Å². The molecule has 7 nitrogen and oxygen atoms in total. The van der Waals surface area contributed by atoms with Crippen LogP contribution in [0.5, 0.6) is 0 Å². The van der Waals surface area contributed by atoms with E-state index in [1.54, 1.807) is 12.1 Å². The number of nitro benzene ring substituents is 1. The van der Waals surface area contributed by atoms with Crippen LogP contribution >= 0.6 is 0 Å². The number of rotatable bonds is 6. The van der Waals surface area contributed by atoms with E-state index in [1.165, 1.54) is 23.3 Å². The van der Waals surface area contributed by atoms with Crippen LogP contribution in [-0.2, 0) is 6.42 Å². The molecule has 3 rings (SSSR count). The molecule has 0 spiro atoms. The van der Waals surface area contributed by atoms with Gasteiger partial charge >= 0.3 is 0 Å². The molecule has 1 heterocycles. The van der Waals surface area contributed by atoms with Crippen molar-refractivity contribution in [2.45, 2.75) is 20.3 Å². The van der Waals surface area contributed by atoms with Crippen molar-refractivity contribution in [3.8, 4) is 11.4 Å². The van der Waals surface area contributed by atoms with Crippen molar-refractivity contribution in [3.63, 3.8) is 0 Å². The fourth-order valence-corrected chi connectivity index (χ4v) is 2.70. The number of anilines is 1. The molecule has 7 heteroatoms. The first-order valence-electron chi connectivity index (χ1n) is 7.99. The average Bonchev–Trinajstić information content (AvgIpc) is 3.03. The van der Waals surface area contributed by atoms with Crippen LogP contribution in [-0.4, -0.2) is 26.6 Å². The van der Waals surface area contributed by atoms with Gasteiger partial charge in [-0.1, -0.05) is 18.2 Å². The van der Waals surface area contributed by atoms with Gasteiger partial charge in [0.05, 0.1) is 4.92 Å². The molecule has 0 aliphatic rings. The van der Waals surface area contributed by atoms with Gasteiger partial charge in [0.15, 0.2) is 5.82 Å². The lowest BCUT2D eigenvalue weighted by molar-refractivity contribution is -0.384. The molecule has 0 amide bonds. The zero-order chi connectivity index (χ0) is 17.8. The summed E-state index contributed by atoms with van der Waals surface area (Å²) in [4.78, 5) is 14.9. The standard InChI is InChI=1S/C18H19N5O2/c1-12-8-13(2)10-15(9-12)19-7-6-17-20-18(22-21-17)14-4-3-5-16(11-14)23(24)25/h3-5,8-11,19H,6-7H2,1-2H3,(H,20,21,22). The number of aromatic amines is 1. The molecule has 2 N–H and O–H groups in total. The molecule has 2 aromatic carbocycles. The van der Waals surface area contributed by atoms with Crippen LogP contribution in [0.15, 0.2) is 42.5 Å². The van der Waals surface area contributed by atoms with E-state index in [-0.39, 0.29) is 5.69 Å². The molecule has 0 saturated carbocycles. The van der Waals surface area contributed by atoms with E-state index in [2.05, 4.69) is 52.5 Å². The Hall–Kier alpha value is -3.22. The number of nitro groups is 1. The number of aryl methyl sites for hydroxylation is 2. The molecule has 0 atom stereocenters. The number of H-pyrrole nitrogens is 1. The van der Waals surface area contributed by atoms with Crippen LogP contribution in [0.2, 0.25) is 0 Å². The Balaban J connectivity index is 1.64. The second-order valence-corrected chi connectivity index (χ2v) is 5.97. The first-order valence-corrected chi connectivity index (χ1v) is 7.99. The minimum absolute atomic E-state index is 0.0281. The van der Waals surface area contributed by atoms with Crippen LogP contribution < -0.4 is 5.32 Å². The first kappa shape index (κ1) is 16.6. The Morgan fingerprint density at radius 3 is 2.64 bits per heavy atom. The number of non-ortho nitro benzene ring substituents is 1. The van der Waals surface area contributed by atoms with Gasteiger partial charge in [-0.25, -0.2) is 4.98 Å². The van der Waals surface area contributed by atoms with E-state index >= 15 is 0 Å². The lowest BCUT2D eigenvalue weighted by atomic mass is 10.1. The number of nitrogens with one attached hydrogen (secondary N) is 2. The van der Waals surface area contributed by atoms with Gasteiger partial charge in [0.25, 0.3) is 5.69 Å². The highest BCUT2D eigenvalue weighted by Crippen LogP contribution is 2.20. The summed E-state index contributed by atoms with van der Waals surface area (Å²) in [7, 11) is 0. The average molecular weight is 337 g/mol. The Bertz CT molecular complexity index is 884. The van der Waals surface area contributed by atoms with E-state index in [0.717, 1.165) is 11.5 Å². The van der Waals surface area contributed by atoms with Gasteiger partial charge < -0.3 is 5.32 Å². The molecule has 0 unspecified atom stereocenters. The Kier molecular flexibility index (Phi) is 4.74. The maximum Gasteiger partial charge on any atom is 0.270 e. The Morgan fingerprint density at radius 2 is 1.92 bits per heavy atom. The molecule has 0 aliphatic carbocycles. The van der Waals surface area contributed by atoms with E-state index in [4.69, 9.17) is 0 Å². The van der Waals surface area contributed by atoms with Gasteiger partial charge in [-0.15, -0.1) is 0 Å². The third-order valence-corrected chi connectivity index (χ3v) is 3.76. The molecule has 1 aromatic heterocycles. The lowest BCUT2D eigenvalue weighted by Gasteiger charge is -2.07. The molecule has 128 valence electrons. The van der Waals surface area contributed by atoms with Crippen molar-refractivity contribution in [2.24, 2.45) is 0 Å². The molecule has 25 heavy (non-hydrogen) atoms. The SMILES string of the molecule is Cc1cc(C)cc(NCCc2nc(-c3cccc([N+](=O)[O-])c3)n[nH]2)c1. The summed E-state index contributed by atoms with van der Waals surface area (Å²) < 4.78 is 0. The van der Waals surface area contributed by atoms with E-state index in [0.29, 0.717) is 24.4 Å². The van der Waals surface area contributed by atoms with Crippen molar-refractivity contribution in [3.05, 3.63) is 69.5 Å². The van der Waals surface area contributed by atoms with Crippen LogP contribution in [0.3, 0.4) is 0 Å². The van der Waals surface area contributed by atoms with Gasteiger partial charge in [0.2, 0.25) is 0 Å². The molecule has 0 radical (unpaired) electrons. The van der Waals surface area contributed by atoms with Gasteiger partial charge in [-0.05, 0) is 37.1 Å². The van der Waals surface area contributed by atoms with Gasteiger partial charge in [-0.2, -0.15) is 5.10 Å². The molecule has 3 aromatic rings. The minimum Gasteiger partial charge on any atom is -0.385 e. The largest absolute Gasteiger partial charge is 0.385 e. The monoisotopic (exact) mass is 337 g/mol. The summed E-state index contributed by atoms with van der Waals surface area (Å²) in [5.74, 6) is 1.20. The van der Waals surface area contributed by atoms with Gasteiger partial charge in [0, 0.05) is 36.3 Å². The fourth-order valence-electron chi connectivity index (χ4n) is 2.70. The quantitative estimate of drug-likeness (QED) is 0.528. The number of aromatic nitrogens is 3. The maximum atomic E-state index is 10.9. The first-order chi connectivity index (χ1) is 12.0. The zero-order valence-electron chi connectivity index (χ0n) is 14.1. The Labute approximate surface area is 145 Å². The lowest BCUT2D eigenvalue weighted by Crippen LogP contribution is -2.06. The minimum atomic E-state index is -0.426. The molecule has 0 fully saturated rings. The summed E-state index contributed by atoms with van der Waals surface area (Å²) in [5.41, 5.74) is 4.17. The van der Waals surface area contributed by atoms with E-state index in [1.807, 2.05) is 0 Å². The van der Waals surface area contributed by atoms with E-state index < -0.39 is 4.92 Å². The van der Waals surface area contributed by atoms with Crippen LogP contribution in [0.1, 0.15) is 17.0 Å². The topological polar surface area (TPSA) is 96.7 Å². The summed E-state index contributed by atoms with van der Waals surface area (Å²) in [5, 5.41) is 21.3. The zero-order valence-corrected chi connectivity index (χ0v) is 14.1. The molecule has 0 aliphatic heterocycles. The third-order valence-electron chi connectivity index (χ3n) is 3.76. The molecular weight excluding hydrogens is 318 g/mol. The number of benzene rings is 2. The second kappa shape index (κ2) is 7.12. The number of hydrogen-bond acceptors (Lipinski definition) is 5. The van der Waals surface area contributed by atoms with Crippen LogP contribution in [0, 0.1) is 24.0 Å². The summed E-state index contributed by atoms with van der Waals surface area (Å²) in [6.45, 7) is 4.85. The fraction of sp³-hybridized carbons (Fsp3) is 0.222. The Morgan fingerprint density at radius 1 is 1.16 bits per heavy atom. The van der Waals surface area contributed by atoms with E-state index in [9.17, 15) is 10.1 Å². The molecule has 0 bridgehead atoms. The van der Waals surface area contributed by atoms with Gasteiger partial charge in [-0.3, -0.25) is 15.2 Å². The number of nitrogens with zero attached hydrogens (tertiary/aromatic N) is 3. The normalized spacial score (nSPS) is 10.6. The number of hydrogen-bond donors (Lipinski definition) is 2. The van der Waals surface area contributed by atoms with Crippen molar-refractivity contribution < 1.29 is 4.92 Å². The van der Waals surface area contributed by atoms with Crippen molar-refractivity contribution in [2.75, 3.05) is 11.9 Å². The maximum absolute atomic E-state index is 10.9. The second-order valence-electron chi connectivity index (χ2n) is 5.97. The summed E-state index contributed by atoms with van der Waals surface area (Å²) in [6, 6.07) is 12.6. The van der Waals surface area contributed by atoms with Crippen LogP contribution in [0.4, 0.5) is 11.4 Å². The van der Waals surface area contributed by atoms with Crippen LogP contribution in [0.25, 0.3) is 11.4 Å². The highest BCUT2D eigenvalue weighted by atomic mass is 16.6. The summed E-state index contributed by atoms with van der Waals surface area (Å²) >= 11 is 0. The highest BCUT2D eigenvalue weighted by Gasteiger charge is 2.11. The van der Waals surface area contributed by atoms with Gasteiger partial charge in [0.1, 0.15) is 5.82 Å². The smallest absolute Gasteiger partial charge is 0.270 e. The molecule has 0 saturated heterocycles.